The molecule has 262 valence electrons. The first-order valence-electron chi connectivity index (χ1n) is 16.1. The maximum atomic E-state index is 13.8. The predicted octanol–water partition coefficient (Wildman–Crippen LogP) is 5.25. The van der Waals surface area contributed by atoms with E-state index in [2.05, 4.69) is 9.44 Å². The molecule has 1 aliphatic rings. The van der Waals surface area contributed by atoms with Gasteiger partial charge in [-0.05, 0) is 63.1 Å². The van der Waals surface area contributed by atoms with Crippen molar-refractivity contribution in [3.63, 3.8) is 0 Å². The summed E-state index contributed by atoms with van der Waals surface area (Å²) in [5, 5.41) is 0. The number of ether oxygens (including phenoxy) is 4. The minimum Gasteiger partial charge on any atom is -0.375 e. The van der Waals surface area contributed by atoms with Crippen LogP contribution in [0.1, 0.15) is 36.1 Å². The van der Waals surface area contributed by atoms with Gasteiger partial charge in [0.05, 0.1) is 48.3 Å². The Kier molecular flexibility index (Phi) is 12.1. The SMILES string of the molecule is Cc1ccc(S(=O)(=O)N[C@H](COCc2ccccc2)[C@H]2OC(C)(C)O[C@@H]2[C@@H](COCc2ccccc2)NS(=O)(=O)c2ccc(C)cc2)cc1. The Morgan fingerprint density at radius 2 is 0.939 bits per heavy atom. The zero-order valence-corrected chi connectivity index (χ0v) is 29.7. The molecule has 4 aromatic carbocycles. The van der Waals surface area contributed by atoms with Crippen LogP contribution in [0.3, 0.4) is 0 Å². The molecule has 0 saturated carbocycles. The Hall–Kier alpha value is -3.46. The van der Waals surface area contributed by atoms with Crippen LogP contribution < -0.4 is 9.44 Å². The Morgan fingerprint density at radius 3 is 1.29 bits per heavy atom. The van der Waals surface area contributed by atoms with Gasteiger partial charge in [-0.1, -0.05) is 96.1 Å². The van der Waals surface area contributed by atoms with Crippen LogP contribution in [-0.4, -0.2) is 60.1 Å². The molecule has 0 amide bonds. The highest BCUT2D eigenvalue weighted by Gasteiger charge is 2.50. The smallest absolute Gasteiger partial charge is 0.240 e. The Bertz CT molecular complexity index is 1720. The summed E-state index contributed by atoms with van der Waals surface area (Å²) in [6, 6.07) is 30.0. The largest absolute Gasteiger partial charge is 0.375 e. The van der Waals surface area contributed by atoms with Crippen molar-refractivity contribution in [2.75, 3.05) is 13.2 Å². The van der Waals surface area contributed by atoms with Crippen molar-refractivity contribution in [2.45, 2.75) is 80.8 Å². The highest BCUT2D eigenvalue weighted by Crippen LogP contribution is 2.33. The summed E-state index contributed by atoms with van der Waals surface area (Å²) in [5.41, 5.74) is 3.63. The fourth-order valence-corrected chi connectivity index (χ4v) is 8.02. The Balaban J connectivity index is 1.47. The highest BCUT2D eigenvalue weighted by molar-refractivity contribution is 7.89. The van der Waals surface area contributed by atoms with Crippen LogP contribution in [0, 0.1) is 13.8 Å². The molecule has 0 radical (unpaired) electrons. The second-order valence-corrected chi connectivity index (χ2v) is 16.1. The lowest BCUT2D eigenvalue weighted by Crippen LogP contribution is -2.57. The molecule has 0 bridgehead atoms. The van der Waals surface area contributed by atoms with Gasteiger partial charge < -0.3 is 18.9 Å². The summed E-state index contributed by atoms with van der Waals surface area (Å²) in [6.07, 6.45) is -1.98. The van der Waals surface area contributed by atoms with Crippen molar-refractivity contribution < 1.29 is 35.8 Å². The summed E-state index contributed by atoms with van der Waals surface area (Å²) in [7, 11) is -8.13. The summed E-state index contributed by atoms with van der Waals surface area (Å²) in [4.78, 5) is 0.146. The van der Waals surface area contributed by atoms with Gasteiger partial charge in [0.15, 0.2) is 5.79 Å². The molecule has 0 aromatic heterocycles. The van der Waals surface area contributed by atoms with Gasteiger partial charge in [-0.15, -0.1) is 0 Å². The van der Waals surface area contributed by atoms with Crippen LogP contribution in [0.5, 0.6) is 0 Å². The molecule has 1 heterocycles. The second-order valence-electron chi connectivity index (χ2n) is 12.6. The molecule has 1 fully saturated rings. The van der Waals surface area contributed by atoms with E-state index in [0.29, 0.717) is 0 Å². The van der Waals surface area contributed by atoms with E-state index in [9.17, 15) is 16.8 Å². The molecule has 4 atom stereocenters. The maximum absolute atomic E-state index is 13.8. The van der Waals surface area contributed by atoms with Gasteiger partial charge in [-0.2, -0.15) is 0 Å². The molecule has 1 aliphatic heterocycles. The van der Waals surface area contributed by atoms with Crippen LogP contribution >= 0.6 is 0 Å². The Morgan fingerprint density at radius 1 is 0.592 bits per heavy atom. The van der Waals surface area contributed by atoms with Crippen molar-refractivity contribution >= 4 is 20.0 Å². The Labute approximate surface area is 289 Å². The number of benzene rings is 4. The van der Waals surface area contributed by atoms with Crippen molar-refractivity contribution in [2.24, 2.45) is 0 Å². The van der Waals surface area contributed by atoms with Gasteiger partial charge >= 0.3 is 0 Å². The molecular weight excluding hydrogens is 665 g/mol. The highest BCUT2D eigenvalue weighted by atomic mass is 32.2. The quantitative estimate of drug-likeness (QED) is 0.162. The van der Waals surface area contributed by atoms with Gasteiger partial charge in [0, 0.05) is 0 Å². The monoisotopic (exact) mass is 708 g/mol. The van der Waals surface area contributed by atoms with Crippen LogP contribution in [0.15, 0.2) is 119 Å². The normalized spacial score (nSPS) is 19.0. The van der Waals surface area contributed by atoms with Crippen LogP contribution in [0.4, 0.5) is 0 Å². The molecule has 2 N–H and O–H groups in total. The fourth-order valence-electron chi connectivity index (χ4n) is 5.56. The molecule has 0 aliphatic carbocycles. The molecule has 12 heteroatoms. The lowest BCUT2D eigenvalue weighted by molar-refractivity contribution is -0.152. The number of rotatable bonds is 16. The average molecular weight is 709 g/mol. The van der Waals surface area contributed by atoms with Crippen molar-refractivity contribution in [3.8, 4) is 0 Å². The van der Waals surface area contributed by atoms with Crippen LogP contribution in [-0.2, 0) is 52.2 Å². The van der Waals surface area contributed by atoms with E-state index in [1.54, 1.807) is 38.1 Å². The molecule has 4 aromatic rings. The third-order valence-electron chi connectivity index (χ3n) is 8.05. The van der Waals surface area contributed by atoms with Gasteiger partial charge in [-0.25, -0.2) is 26.3 Å². The summed E-state index contributed by atoms with van der Waals surface area (Å²) in [5.74, 6) is -1.20. The molecular formula is C37H44N2O8S2. The van der Waals surface area contributed by atoms with Gasteiger partial charge in [0.1, 0.15) is 12.2 Å². The van der Waals surface area contributed by atoms with E-state index >= 15 is 0 Å². The maximum Gasteiger partial charge on any atom is 0.240 e. The minimum atomic E-state index is -4.07. The number of hydrogen-bond donors (Lipinski definition) is 2. The van der Waals surface area contributed by atoms with E-state index in [-0.39, 0.29) is 36.2 Å². The molecule has 1 saturated heterocycles. The molecule has 0 unspecified atom stereocenters. The third-order valence-corrected chi connectivity index (χ3v) is 11.1. The van der Waals surface area contributed by atoms with Crippen LogP contribution in [0.2, 0.25) is 0 Å². The van der Waals surface area contributed by atoms with E-state index < -0.39 is 50.1 Å². The zero-order chi connectivity index (χ0) is 35.1. The van der Waals surface area contributed by atoms with E-state index in [0.717, 1.165) is 22.3 Å². The van der Waals surface area contributed by atoms with E-state index in [4.69, 9.17) is 18.9 Å². The average Bonchev–Trinajstić information content (AvgIpc) is 3.40. The standard InChI is InChI=1S/C37H44N2O8S2/c1-27-15-19-31(20-16-27)48(40,41)38-33(25-44-23-29-11-7-5-8-12-29)35-36(47-37(3,4)46-35)34(26-45-24-30-13-9-6-10-14-30)39-49(42,43)32-21-17-28(2)18-22-32/h5-22,33-36,38-39H,23-26H2,1-4H3/t33-,34-,35-,36-/m1/s1. The van der Waals surface area contributed by atoms with Gasteiger partial charge in [0.25, 0.3) is 0 Å². The van der Waals surface area contributed by atoms with Crippen molar-refractivity contribution in [3.05, 3.63) is 131 Å². The van der Waals surface area contributed by atoms with Crippen molar-refractivity contribution in [1.29, 1.82) is 0 Å². The van der Waals surface area contributed by atoms with Gasteiger partial charge in [-0.3, -0.25) is 0 Å². The molecule has 0 spiro atoms. The van der Waals surface area contributed by atoms with E-state index in [1.165, 1.54) is 24.3 Å². The lowest BCUT2D eigenvalue weighted by Gasteiger charge is -2.31. The lowest BCUT2D eigenvalue weighted by atomic mass is 10.0. The second kappa shape index (κ2) is 16.0. The number of sulfonamides is 2. The molecule has 10 nitrogen and oxygen atoms in total. The molecule has 5 rings (SSSR count). The topological polar surface area (TPSA) is 129 Å². The third kappa shape index (κ3) is 10.3. The molecule has 49 heavy (non-hydrogen) atoms. The first kappa shape index (κ1) is 36.8. The predicted molar refractivity (Wildman–Crippen MR) is 187 cm³/mol. The first-order valence-corrected chi connectivity index (χ1v) is 19.0. The summed E-state index contributed by atoms with van der Waals surface area (Å²) in [6.45, 7) is 7.39. The van der Waals surface area contributed by atoms with E-state index in [1.807, 2.05) is 74.5 Å². The zero-order valence-electron chi connectivity index (χ0n) is 28.1. The number of nitrogens with one attached hydrogen (secondary N) is 2. The number of hydrogen-bond acceptors (Lipinski definition) is 8. The van der Waals surface area contributed by atoms with Gasteiger partial charge in [0.2, 0.25) is 20.0 Å². The fraction of sp³-hybridized carbons (Fsp3) is 0.351. The summed E-state index contributed by atoms with van der Waals surface area (Å²) < 4.78 is 85.5. The van der Waals surface area contributed by atoms with Crippen LogP contribution in [0.25, 0.3) is 0 Å². The minimum absolute atomic E-state index is 0.0729. The first-order chi connectivity index (χ1) is 23.3. The number of aryl methyl sites for hydroxylation is 2. The summed E-state index contributed by atoms with van der Waals surface area (Å²) >= 11 is 0. The van der Waals surface area contributed by atoms with Crippen molar-refractivity contribution in [1.82, 2.24) is 9.44 Å².